The number of alkyl halides is 1. The van der Waals surface area contributed by atoms with Gasteiger partial charge in [-0.2, -0.15) is 0 Å². The quantitative estimate of drug-likeness (QED) is 0.566. The number of hydrogen-bond donors (Lipinski definition) is 2. The molecule has 4 aliphatic rings. The van der Waals surface area contributed by atoms with E-state index in [1.807, 2.05) is 25.1 Å². The average Bonchev–Trinajstić information content (AvgIpc) is 2.56. The van der Waals surface area contributed by atoms with Crippen LogP contribution in [0.5, 0.6) is 0 Å². The summed E-state index contributed by atoms with van der Waals surface area (Å²) in [6, 6.07) is 5.81. The van der Waals surface area contributed by atoms with Crippen LogP contribution in [0.1, 0.15) is 50.5 Å². The lowest BCUT2D eigenvalue weighted by molar-refractivity contribution is -0.144. The van der Waals surface area contributed by atoms with Crippen molar-refractivity contribution in [3.05, 3.63) is 28.2 Å². The van der Waals surface area contributed by atoms with Gasteiger partial charge >= 0.3 is 0 Å². The molecule has 0 heterocycles. The summed E-state index contributed by atoms with van der Waals surface area (Å²) in [5, 5.41) is 6.01. The van der Waals surface area contributed by atoms with E-state index in [0.29, 0.717) is 24.8 Å². The molecule has 4 bridgehead atoms. The van der Waals surface area contributed by atoms with E-state index in [1.54, 1.807) is 0 Å². The third kappa shape index (κ3) is 3.98. The molecule has 2 amide bonds. The van der Waals surface area contributed by atoms with Crippen LogP contribution in [-0.4, -0.2) is 22.7 Å². The molecule has 1 aromatic carbocycles. The summed E-state index contributed by atoms with van der Waals surface area (Å²) in [6.45, 7) is 2.36. The van der Waals surface area contributed by atoms with Crippen LogP contribution in [0.3, 0.4) is 0 Å². The standard InChI is InChI=1S/C21H26Br2N2O2/c1-13-2-3-16(22)7-17(13)25-18(26)4-5-24-19(27)20-8-14-6-15(9-20)11-21(23,10-14)12-20/h2-3,7,14-15H,4-6,8-12H2,1H3,(H,24,27)(H,25,26). The van der Waals surface area contributed by atoms with Gasteiger partial charge in [0, 0.05) is 27.4 Å². The highest BCUT2D eigenvalue weighted by molar-refractivity contribution is 9.10. The van der Waals surface area contributed by atoms with Gasteiger partial charge < -0.3 is 10.6 Å². The third-order valence-electron chi connectivity index (χ3n) is 6.58. The van der Waals surface area contributed by atoms with Crippen molar-refractivity contribution in [3.63, 3.8) is 0 Å². The van der Waals surface area contributed by atoms with E-state index in [2.05, 4.69) is 42.5 Å². The molecular formula is C21H26Br2N2O2. The van der Waals surface area contributed by atoms with Gasteiger partial charge in [-0.05, 0) is 75.0 Å². The van der Waals surface area contributed by atoms with Crippen molar-refractivity contribution in [1.29, 1.82) is 0 Å². The molecule has 2 unspecified atom stereocenters. The summed E-state index contributed by atoms with van der Waals surface area (Å²) in [5.74, 6) is 1.45. The third-order valence-corrected chi connectivity index (χ3v) is 8.00. The number of carbonyl (C=O) groups excluding carboxylic acids is 2. The number of benzene rings is 1. The molecule has 0 saturated heterocycles. The van der Waals surface area contributed by atoms with Crippen LogP contribution < -0.4 is 10.6 Å². The molecule has 4 fully saturated rings. The molecule has 146 valence electrons. The largest absolute Gasteiger partial charge is 0.355 e. The second kappa shape index (κ2) is 7.18. The van der Waals surface area contributed by atoms with Gasteiger partial charge in [0.1, 0.15) is 0 Å². The van der Waals surface area contributed by atoms with Gasteiger partial charge in [-0.1, -0.05) is 37.9 Å². The molecule has 0 aromatic heterocycles. The van der Waals surface area contributed by atoms with Crippen LogP contribution in [0.25, 0.3) is 0 Å². The summed E-state index contributed by atoms with van der Waals surface area (Å²) in [6.07, 6.45) is 7.00. The molecule has 2 atom stereocenters. The van der Waals surface area contributed by atoms with Crippen LogP contribution in [0.4, 0.5) is 5.69 Å². The summed E-state index contributed by atoms with van der Waals surface area (Å²) >= 11 is 7.38. The fraction of sp³-hybridized carbons (Fsp3) is 0.619. The first-order valence-corrected chi connectivity index (χ1v) is 11.4. The van der Waals surface area contributed by atoms with Gasteiger partial charge in [0.15, 0.2) is 0 Å². The van der Waals surface area contributed by atoms with Crippen molar-refractivity contribution in [3.8, 4) is 0 Å². The highest BCUT2D eigenvalue weighted by Crippen LogP contribution is 2.64. The van der Waals surface area contributed by atoms with Gasteiger partial charge in [0.25, 0.3) is 0 Å². The Morgan fingerprint density at radius 3 is 2.56 bits per heavy atom. The summed E-state index contributed by atoms with van der Waals surface area (Å²) in [4.78, 5) is 25.3. The van der Waals surface area contributed by atoms with Crippen LogP contribution in [0, 0.1) is 24.2 Å². The maximum atomic E-state index is 13.0. The van der Waals surface area contributed by atoms with E-state index in [1.165, 1.54) is 19.3 Å². The number of amides is 2. The zero-order chi connectivity index (χ0) is 19.2. The molecule has 5 rings (SSSR count). The van der Waals surface area contributed by atoms with E-state index in [4.69, 9.17) is 0 Å². The molecular weight excluding hydrogens is 472 g/mol. The fourth-order valence-electron chi connectivity index (χ4n) is 5.84. The predicted octanol–water partition coefficient (Wildman–Crippen LogP) is 4.94. The molecule has 2 N–H and O–H groups in total. The minimum atomic E-state index is -0.217. The number of aryl methyl sites for hydroxylation is 1. The number of hydrogen-bond acceptors (Lipinski definition) is 2. The summed E-state index contributed by atoms with van der Waals surface area (Å²) < 4.78 is 1.10. The predicted molar refractivity (Wildman–Crippen MR) is 114 cm³/mol. The number of anilines is 1. The Balaban J connectivity index is 1.31. The van der Waals surface area contributed by atoms with E-state index >= 15 is 0 Å². The van der Waals surface area contributed by atoms with Gasteiger partial charge in [0.2, 0.25) is 11.8 Å². The monoisotopic (exact) mass is 496 g/mol. The van der Waals surface area contributed by atoms with Crippen LogP contribution in [0.2, 0.25) is 0 Å². The maximum absolute atomic E-state index is 13.0. The molecule has 1 aromatic rings. The fourth-order valence-corrected chi connectivity index (χ4v) is 7.65. The van der Waals surface area contributed by atoms with Gasteiger partial charge in [-0.15, -0.1) is 0 Å². The zero-order valence-corrected chi connectivity index (χ0v) is 18.8. The van der Waals surface area contributed by atoms with Crippen LogP contribution in [-0.2, 0) is 9.59 Å². The second-order valence-corrected chi connectivity index (χ2v) is 11.5. The maximum Gasteiger partial charge on any atom is 0.226 e. The Morgan fingerprint density at radius 2 is 1.89 bits per heavy atom. The van der Waals surface area contributed by atoms with Crippen molar-refractivity contribution in [1.82, 2.24) is 5.32 Å². The average molecular weight is 498 g/mol. The zero-order valence-electron chi connectivity index (χ0n) is 15.6. The van der Waals surface area contributed by atoms with Crippen LogP contribution >= 0.6 is 31.9 Å². The summed E-state index contributed by atoms with van der Waals surface area (Å²) in [7, 11) is 0. The molecule has 6 heteroatoms. The molecule has 4 saturated carbocycles. The van der Waals surface area contributed by atoms with Gasteiger partial charge in [-0.3, -0.25) is 9.59 Å². The first kappa shape index (κ1) is 19.4. The lowest BCUT2D eigenvalue weighted by Crippen LogP contribution is -2.58. The highest BCUT2D eigenvalue weighted by Gasteiger charge is 2.59. The molecule has 0 spiro atoms. The van der Waals surface area contributed by atoms with E-state index in [-0.39, 0.29) is 21.6 Å². The minimum Gasteiger partial charge on any atom is -0.355 e. The van der Waals surface area contributed by atoms with E-state index in [9.17, 15) is 9.59 Å². The first-order chi connectivity index (χ1) is 12.8. The van der Waals surface area contributed by atoms with Gasteiger partial charge in [-0.25, -0.2) is 0 Å². The summed E-state index contributed by atoms with van der Waals surface area (Å²) in [5.41, 5.74) is 1.61. The smallest absolute Gasteiger partial charge is 0.226 e. The number of nitrogens with one attached hydrogen (secondary N) is 2. The molecule has 0 radical (unpaired) electrons. The first-order valence-electron chi connectivity index (χ1n) is 9.80. The van der Waals surface area contributed by atoms with E-state index in [0.717, 1.165) is 35.0 Å². The topological polar surface area (TPSA) is 58.2 Å². The number of carbonyl (C=O) groups is 2. The Kier molecular flexibility index (Phi) is 5.17. The minimum absolute atomic E-state index is 0.0704. The van der Waals surface area contributed by atoms with Crippen molar-refractivity contribution >= 4 is 49.4 Å². The van der Waals surface area contributed by atoms with Crippen molar-refractivity contribution < 1.29 is 9.59 Å². The molecule has 0 aliphatic heterocycles. The molecule has 4 aliphatic carbocycles. The Hall–Kier alpha value is -0.880. The Morgan fingerprint density at radius 1 is 1.19 bits per heavy atom. The van der Waals surface area contributed by atoms with Crippen LogP contribution in [0.15, 0.2) is 22.7 Å². The highest BCUT2D eigenvalue weighted by atomic mass is 79.9. The lowest BCUT2D eigenvalue weighted by Gasteiger charge is -2.59. The Bertz CT molecular complexity index is 765. The second-order valence-electron chi connectivity index (χ2n) is 8.91. The Labute approximate surface area is 177 Å². The van der Waals surface area contributed by atoms with Gasteiger partial charge in [0.05, 0.1) is 5.41 Å². The molecule has 4 nitrogen and oxygen atoms in total. The number of rotatable bonds is 5. The lowest BCUT2D eigenvalue weighted by atomic mass is 9.49. The van der Waals surface area contributed by atoms with Crippen molar-refractivity contribution in [2.24, 2.45) is 17.3 Å². The SMILES string of the molecule is Cc1ccc(Br)cc1NC(=O)CCNC(=O)C12CC3CC(CC(Br)(C3)C1)C2. The number of halogens is 2. The normalized spacial score (nSPS) is 33.7. The van der Waals surface area contributed by atoms with Crippen molar-refractivity contribution in [2.45, 2.75) is 56.2 Å². The van der Waals surface area contributed by atoms with Crippen molar-refractivity contribution in [2.75, 3.05) is 11.9 Å². The van der Waals surface area contributed by atoms with E-state index < -0.39 is 0 Å². The molecule has 27 heavy (non-hydrogen) atoms.